The lowest BCUT2D eigenvalue weighted by Crippen LogP contribution is -2.33. The molecule has 1 rings (SSSR count). The van der Waals surface area contributed by atoms with E-state index in [9.17, 15) is 4.79 Å². The highest BCUT2D eigenvalue weighted by atomic mass is 32.2. The van der Waals surface area contributed by atoms with Gasteiger partial charge in [-0.3, -0.25) is 4.79 Å². The Hall–Kier alpha value is -0.180. The molecule has 0 aromatic carbocycles. The highest BCUT2D eigenvalue weighted by Crippen LogP contribution is 2.37. The van der Waals surface area contributed by atoms with Crippen LogP contribution in [0.4, 0.5) is 0 Å². The largest absolute Gasteiger partial charge is 0.481 e. The molecule has 0 radical (unpaired) electrons. The van der Waals surface area contributed by atoms with E-state index in [1.54, 1.807) is 11.8 Å². The fraction of sp³-hybridized carbons (Fsp3) is 0.875. The molecule has 64 valence electrons. The van der Waals surface area contributed by atoms with Crippen LogP contribution in [0.1, 0.15) is 19.3 Å². The second-order valence-electron chi connectivity index (χ2n) is 3.06. The summed E-state index contributed by atoms with van der Waals surface area (Å²) in [5.41, 5.74) is 0. The van der Waals surface area contributed by atoms with Crippen molar-refractivity contribution in [2.24, 2.45) is 11.8 Å². The Kier molecular flexibility index (Phi) is 3.24. The predicted octanol–water partition coefficient (Wildman–Crippen LogP) is 1.85. The SMILES string of the molecule is CSCCC1CCC1C(=O)O. The maximum atomic E-state index is 10.5. The van der Waals surface area contributed by atoms with Crippen molar-refractivity contribution in [3.63, 3.8) is 0 Å². The lowest BCUT2D eigenvalue weighted by molar-refractivity contribution is -0.147. The van der Waals surface area contributed by atoms with Crippen molar-refractivity contribution in [3.8, 4) is 0 Å². The minimum Gasteiger partial charge on any atom is -0.481 e. The van der Waals surface area contributed by atoms with Gasteiger partial charge in [-0.15, -0.1) is 0 Å². The van der Waals surface area contributed by atoms with Gasteiger partial charge in [0.15, 0.2) is 0 Å². The summed E-state index contributed by atoms with van der Waals surface area (Å²) in [5.74, 6) is 0.957. The van der Waals surface area contributed by atoms with E-state index in [0.29, 0.717) is 5.92 Å². The summed E-state index contributed by atoms with van der Waals surface area (Å²) in [6.07, 6.45) is 5.17. The molecule has 0 aromatic heterocycles. The number of carboxylic acids is 1. The van der Waals surface area contributed by atoms with Gasteiger partial charge in [0.1, 0.15) is 0 Å². The molecule has 3 heteroatoms. The van der Waals surface area contributed by atoms with Crippen molar-refractivity contribution in [2.75, 3.05) is 12.0 Å². The van der Waals surface area contributed by atoms with Crippen LogP contribution >= 0.6 is 11.8 Å². The Balaban J connectivity index is 2.20. The van der Waals surface area contributed by atoms with Gasteiger partial charge in [0.2, 0.25) is 0 Å². The normalized spacial score (nSPS) is 29.5. The molecule has 1 aliphatic rings. The van der Waals surface area contributed by atoms with E-state index in [4.69, 9.17) is 5.11 Å². The van der Waals surface area contributed by atoms with Crippen LogP contribution in [0.3, 0.4) is 0 Å². The maximum absolute atomic E-state index is 10.5. The molecule has 0 heterocycles. The molecule has 2 unspecified atom stereocenters. The monoisotopic (exact) mass is 174 g/mol. The fourth-order valence-electron chi connectivity index (χ4n) is 1.51. The Labute approximate surface area is 71.4 Å². The quantitative estimate of drug-likeness (QED) is 0.706. The Morgan fingerprint density at radius 2 is 2.36 bits per heavy atom. The maximum Gasteiger partial charge on any atom is 0.306 e. The molecule has 0 aliphatic heterocycles. The molecular weight excluding hydrogens is 160 g/mol. The van der Waals surface area contributed by atoms with E-state index in [1.165, 1.54) is 0 Å². The molecular formula is C8H14O2S. The van der Waals surface area contributed by atoms with Crippen molar-refractivity contribution < 1.29 is 9.90 Å². The molecule has 1 fully saturated rings. The topological polar surface area (TPSA) is 37.3 Å². The number of hydrogen-bond acceptors (Lipinski definition) is 2. The molecule has 1 N–H and O–H groups in total. The third-order valence-corrected chi connectivity index (χ3v) is 3.07. The molecule has 2 nitrogen and oxygen atoms in total. The number of hydrogen-bond donors (Lipinski definition) is 1. The highest BCUT2D eigenvalue weighted by molar-refractivity contribution is 7.98. The third-order valence-electron chi connectivity index (χ3n) is 2.43. The second-order valence-corrected chi connectivity index (χ2v) is 4.05. The number of rotatable bonds is 4. The van der Waals surface area contributed by atoms with Crippen LogP contribution in [0.25, 0.3) is 0 Å². The summed E-state index contributed by atoms with van der Waals surface area (Å²) in [5, 5.41) is 8.70. The summed E-state index contributed by atoms with van der Waals surface area (Å²) < 4.78 is 0. The van der Waals surface area contributed by atoms with Crippen LogP contribution in [-0.2, 0) is 4.79 Å². The zero-order valence-electron chi connectivity index (χ0n) is 6.75. The summed E-state index contributed by atoms with van der Waals surface area (Å²) in [4.78, 5) is 10.5. The number of carboxylic acid groups (broad SMARTS) is 1. The van der Waals surface area contributed by atoms with Crippen molar-refractivity contribution in [3.05, 3.63) is 0 Å². The van der Waals surface area contributed by atoms with Crippen LogP contribution in [-0.4, -0.2) is 23.1 Å². The van der Waals surface area contributed by atoms with E-state index in [-0.39, 0.29) is 5.92 Å². The molecule has 0 bridgehead atoms. The number of carbonyl (C=O) groups is 1. The van der Waals surface area contributed by atoms with Crippen molar-refractivity contribution >= 4 is 17.7 Å². The van der Waals surface area contributed by atoms with Gasteiger partial charge in [-0.2, -0.15) is 11.8 Å². The number of aliphatic carboxylic acids is 1. The molecule has 0 spiro atoms. The zero-order valence-corrected chi connectivity index (χ0v) is 7.56. The summed E-state index contributed by atoms with van der Waals surface area (Å²) in [6, 6.07) is 0. The standard InChI is InChI=1S/C8H14O2S/c1-11-5-4-6-2-3-7(6)8(9)10/h6-7H,2-5H2,1H3,(H,9,10). The molecule has 0 amide bonds. The van der Waals surface area contributed by atoms with Crippen LogP contribution < -0.4 is 0 Å². The van der Waals surface area contributed by atoms with Gasteiger partial charge in [0.05, 0.1) is 5.92 Å². The van der Waals surface area contributed by atoms with Crippen molar-refractivity contribution in [1.29, 1.82) is 0 Å². The first kappa shape index (κ1) is 8.91. The van der Waals surface area contributed by atoms with Crippen LogP contribution in [0.5, 0.6) is 0 Å². The smallest absolute Gasteiger partial charge is 0.306 e. The van der Waals surface area contributed by atoms with Crippen LogP contribution in [0.15, 0.2) is 0 Å². The first-order valence-corrected chi connectivity index (χ1v) is 5.37. The Morgan fingerprint density at radius 1 is 1.64 bits per heavy atom. The molecule has 0 aromatic rings. The van der Waals surface area contributed by atoms with Crippen molar-refractivity contribution in [2.45, 2.75) is 19.3 Å². The predicted molar refractivity (Wildman–Crippen MR) is 46.8 cm³/mol. The molecule has 11 heavy (non-hydrogen) atoms. The molecule has 0 saturated heterocycles. The van der Waals surface area contributed by atoms with Gasteiger partial charge in [-0.1, -0.05) is 0 Å². The molecule has 1 saturated carbocycles. The van der Waals surface area contributed by atoms with Crippen LogP contribution in [0.2, 0.25) is 0 Å². The van der Waals surface area contributed by atoms with E-state index < -0.39 is 5.97 Å². The lowest BCUT2D eigenvalue weighted by atomic mass is 9.72. The summed E-state index contributed by atoms with van der Waals surface area (Å²) in [6.45, 7) is 0. The van der Waals surface area contributed by atoms with Gasteiger partial charge in [0, 0.05) is 0 Å². The number of thioether (sulfide) groups is 1. The van der Waals surface area contributed by atoms with Gasteiger partial charge in [-0.05, 0) is 37.2 Å². The van der Waals surface area contributed by atoms with E-state index >= 15 is 0 Å². The zero-order chi connectivity index (χ0) is 8.27. The average Bonchev–Trinajstić information content (AvgIpc) is 1.84. The minimum atomic E-state index is -0.595. The van der Waals surface area contributed by atoms with Gasteiger partial charge in [-0.25, -0.2) is 0 Å². The molecule has 1 aliphatic carbocycles. The van der Waals surface area contributed by atoms with Crippen LogP contribution in [0, 0.1) is 11.8 Å². The highest BCUT2D eigenvalue weighted by Gasteiger charge is 2.35. The van der Waals surface area contributed by atoms with E-state index in [0.717, 1.165) is 25.0 Å². The Morgan fingerprint density at radius 3 is 2.73 bits per heavy atom. The summed E-state index contributed by atoms with van der Waals surface area (Å²) >= 11 is 1.80. The Bertz CT molecular complexity index is 147. The third kappa shape index (κ3) is 2.12. The summed E-state index contributed by atoms with van der Waals surface area (Å²) in [7, 11) is 0. The fourth-order valence-corrected chi connectivity index (χ4v) is 2.05. The lowest BCUT2D eigenvalue weighted by Gasteiger charge is -2.33. The average molecular weight is 174 g/mol. The van der Waals surface area contributed by atoms with Gasteiger partial charge < -0.3 is 5.11 Å². The minimum absolute atomic E-state index is 0.0258. The van der Waals surface area contributed by atoms with Gasteiger partial charge >= 0.3 is 5.97 Å². The first-order chi connectivity index (χ1) is 5.25. The first-order valence-electron chi connectivity index (χ1n) is 3.97. The van der Waals surface area contributed by atoms with Gasteiger partial charge in [0.25, 0.3) is 0 Å². The second kappa shape index (κ2) is 4.00. The van der Waals surface area contributed by atoms with Crippen molar-refractivity contribution in [1.82, 2.24) is 0 Å². The van der Waals surface area contributed by atoms with E-state index in [1.807, 2.05) is 0 Å². The molecule has 2 atom stereocenters. The van der Waals surface area contributed by atoms with E-state index in [2.05, 4.69) is 6.26 Å².